The summed E-state index contributed by atoms with van der Waals surface area (Å²) >= 11 is 0. The molecule has 13 heavy (non-hydrogen) atoms. The van der Waals surface area contributed by atoms with Gasteiger partial charge in [-0.25, -0.2) is 0 Å². The monoisotopic (exact) mass is 187 g/mol. The summed E-state index contributed by atoms with van der Waals surface area (Å²) in [6.45, 7) is 3.93. The van der Waals surface area contributed by atoms with Crippen molar-refractivity contribution in [2.24, 2.45) is 5.92 Å². The Morgan fingerprint density at radius 3 is 2.62 bits per heavy atom. The van der Waals surface area contributed by atoms with Crippen LogP contribution in [0.1, 0.15) is 13.3 Å². The molecule has 0 bridgehead atoms. The summed E-state index contributed by atoms with van der Waals surface area (Å²) in [5.41, 5.74) is 0. The topological polar surface area (TPSA) is 55.4 Å². The van der Waals surface area contributed by atoms with Crippen LogP contribution in [-0.2, 0) is 14.3 Å². The zero-order chi connectivity index (χ0) is 10.1. The largest absolute Gasteiger partial charge is 0.385 e. The minimum absolute atomic E-state index is 0.0243. The van der Waals surface area contributed by atoms with E-state index in [4.69, 9.17) is 0 Å². The van der Waals surface area contributed by atoms with Crippen LogP contribution in [0.25, 0.3) is 0 Å². The Morgan fingerprint density at radius 2 is 2.31 bits per heavy atom. The molecule has 1 aliphatic heterocycles. The number of aldehydes is 1. The van der Waals surface area contributed by atoms with Crippen molar-refractivity contribution in [1.82, 2.24) is 5.32 Å². The van der Waals surface area contributed by atoms with Crippen LogP contribution >= 0.6 is 0 Å². The average Bonchev–Trinajstić information content (AvgIpc) is 2.19. The standard InChI is InChI=1S/C6H9NO2.C3H8O/c8-4-5-1-2-7-3-6(5)9;1-3-4-2/h4-5,7H,1-3H2;3H2,1-2H3. The first-order valence-electron chi connectivity index (χ1n) is 4.43. The number of ether oxygens (including phenoxy) is 1. The highest BCUT2D eigenvalue weighted by molar-refractivity contribution is 5.95. The second-order valence-electron chi connectivity index (χ2n) is 2.75. The first-order chi connectivity index (χ1) is 6.26. The van der Waals surface area contributed by atoms with Gasteiger partial charge in [-0.15, -0.1) is 0 Å². The molecule has 1 unspecified atom stereocenters. The van der Waals surface area contributed by atoms with Crippen molar-refractivity contribution in [1.29, 1.82) is 0 Å². The number of nitrogens with one attached hydrogen (secondary N) is 1. The fraction of sp³-hybridized carbons (Fsp3) is 0.778. The Hall–Kier alpha value is -0.740. The van der Waals surface area contributed by atoms with Gasteiger partial charge in [0.25, 0.3) is 0 Å². The first kappa shape index (κ1) is 12.3. The van der Waals surface area contributed by atoms with Crippen LogP contribution < -0.4 is 5.32 Å². The van der Waals surface area contributed by atoms with Gasteiger partial charge in [-0.2, -0.15) is 0 Å². The predicted octanol–water partition coefficient (Wildman–Crippen LogP) is 0.0166. The van der Waals surface area contributed by atoms with E-state index in [-0.39, 0.29) is 11.7 Å². The Labute approximate surface area is 78.6 Å². The van der Waals surface area contributed by atoms with Gasteiger partial charge in [-0.3, -0.25) is 4.79 Å². The van der Waals surface area contributed by atoms with Gasteiger partial charge in [0.05, 0.1) is 12.5 Å². The molecular formula is C9H17NO3. The Bertz CT molecular complexity index is 157. The lowest BCUT2D eigenvalue weighted by Crippen LogP contribution is -2.37. The summed E-state index contributed by atoms with van der Waals surface area (Å²) in [6, 6.07) is 0. The Kier molecular flexibility index (Phi) is 7.44. The van der Waals surface area contributed by atoms with Crippen molar-refractivity contribution in [2.45, 2.75) is 13.3 Å². The molecule has 1 atom stereocenters. The van der Waals surface area contributed by atoms with Gasteiger partial charge in [-0.1, -0.05) is 0 Å². The van der Waals surface area contributed by atoms with Crippen molar-refractivity contribution in [3.63, 3.8) is 0 Å². The lowest BCUT2D eigenvalue weighted by molar-refractivity contribution is -0.128. The number of ketones is 1. The Morgan fingerprint density at radius 1 is 1.69 bits per heavy atom. The Balaban J connectivity index is 0.000000310. The van der Waals surface area contributed by atoms with E-state index >= 15 is 0 Å². The molecule has 0 radical (unpaired) electrons. The lowest BCUT2D eigenvalue weighted by Gasteiger charge is -2.15. The zero-order valence-corrected chi connectivity index (χ0v) is 8.21. The van der Waals surface area contributed by atoms with Gasteiger partial charge in [0.1, 0.15) is 6.29 Å². The molecule has 0 aromatic rings. The van der Waals surface area contributed by atoms with E-state index in [1.165, 1.54) is 0 Å². The van der Waals surface area contributed by atoms with Crippen molar-refractivity contribution in [3.8, 4) is 0 Å². The smallest absolute Gasteiger partial charge is 0.156 e. The summed E-state index contributed by atoms with van der Waals surface area (Å²) in [6.07, 6.45) is 1.41. The van der Waals surface area contributed by atoms with Gasteiger partial charge < -0.3 is 14.8 Å². The first-order valence-corrected chi connectivity index (χ1v) is 4.43. The number of Topliss-reactive ketones (excluding diaryl/α,β-unsaturated/α-hetero) is 1. The minimum atomic E-state index is -0.328. The van der Waals surface area contributed by atoms with Crippen LogP contribution in [0, 0.1) is 5.92 Å². The van der Waals surface area contributed by atoms with E-state index in [9.17, 15) is 9.59 Å². The molecule has 0 amide bonds. The molecule has 1 rings (SSSR count). The normalized spacial score (nSPS) is 21.7. The zero-order valence-electron chi connectivity index (χ0n) is 8.21. The molecule has 1 saturated heterocycles. The number of carbonyl (C=O) groups excluding carboxylic acids is 2. The number of hydrogen-bond donors (Lipinski definition) is 1. The predicted molar refractivity (Wildman–Crippen MR) is 49.6 cm³/mol. The van der Waals surface area contributed by atoms with E-state index in [0.717, 1.165) is 19.4 Å². The van der Waals surface area contributed by atoms with E-state index in [1.807, 2.05) is 6.92 Å². The van der Waals surface area contributed by atoms with Gasteiger partial charge in [0, 0.05) is 13.7 Å². The van der Waals surface area contributed by atoms with E-state index in [2.05, 4.69) is 10.1 Å². The fourth-order valence-corrected chi connectivity index (χ4v) is 0.905. The molecule has 0 aromatic carbocycles. The number of carbonyl (C=O) groups is 2. The number of piperidine rings is 1. The minimum Gasteiger partial charge on any atom is -0.385 e. The molecule has 4 nitrogen and oxygen atoms in total. The summed E-state index contributed by atoms with van der Waals surface area (Å²) in [4.78, 5) is 20.9. The van der Waals surface area contributed by atoms with Crippen molar-refractivity contribution >= 4 is 12.1 Å². The van der Waals surface area contributed by atoms with Gasteiger partial charge in [-0.05, 0) is 19.9 Å². The molecule has 0 aliphatic carbocycles. The van der Waals surface area contributed by atoms with Crippen molar-refractivity contribution in [3.05, 3.63) is 0 Å². The summed E-state index contributed by atoms with van der Waals surface area (Å²) in [5, 5.41) is 2.89. The van der Waals surface area contributed by atoms with Gasteiger partial charge in [0.15, 0.2) is 5.78 Å². The van der Waals surface area contributed by atoms with E-state index in [1.54, 1.807) is 7.11 Å². The molecule has 0 spiro atoms. The molecule has 0 saturated carbocycles. The summed E-state index contributed by atoms with van der Waals surface area (Å²) < 4.78 is 4.54. The maximum atomic E-state index is 10.7. The average molecular weight is 187 g/mol. The van der Waals surface area contributed by atoms with Crippen LogP contribution in [0.15, 0.2) is 0 Å². The third-order valence-corrected chi connectivity index (χ3v) is 1.80. The second-order valence-corrected chi connectivity index (χ2v) is 2.75. The van der Waals surface area contributed by atoms with Crippen LogP contribution in [0.5, 0.6) is 0 Å². The SMILES string of the molecule is CCOC.O=CC1CCNCC1=O. The van der Waals surface area contributed by atoms with Crippen molar-refractivity contribution < 1.29 is 14.3 Å². The number of rotatable bonds is 2. The van der Waals surface area contributed by atoms with E-state index in [0.29, 0.717) is 13.0 Å². The molecule has 1 aliphatic rings. The van der Waals surface area contributed by atoms with Crippen LogP contribution in [0.4, 0.5) is 0 Å². The molecule has 1 heterocycles. The fourth-order valence-electron chi connectivity index (χ4n) is 0.905. The third kappa shape index (κ3) is 5.49. The van der Waals surface area contributed by atoms with Crippen LogP contribution in [0.2, 0.25) is 0 Å². The third-order valence-electron chi connectivity index (χ3n) is 1.80. The second kappa shape index (κ2) is 7.89. The maximum absolute atomic E-state index is 10.7. The maximum Gasteiger partial charge on any atom is 0.156 e. The summed E-state index contributed by atoms with van der Waals surface area (Å²) in [7, 11) is 1.68. The van der Waals surface area contributed by atoms with Gasteiger partial charge in [0.2, 0.25) is 0 Å². The highest BCUT2D eigenvalue weighted by Crippen LogP contribution is 2.03. The molecule has 1 N–H and O–H groups in total. The molecule has 4 heteroatoms. The lowest BCUT2D eigenvalue weighted by atomic mass is 9.99. The molecule has 1 fully saturated rings. The number of hydrogen-bond acceptors (Lipinski definition) is 4. The van der Waals surface area contributed by atoms with Crippen LogP contribution in [0.3, 0.4) is 0 Å². The molecule has 76 valence electrons. The van der Waals surface area contributed by atoms with E-state index < -0.39 is 0 Å². The van der Waals surface area contributed by atoms with Crippen LogP contribution in [-0.4, -0.2) is 38.9 Å². The van der Waals surface area contributed by atoms with Crippen molar-refractivity contribution in [2.75, 3.05) is 26.8 Å². The highest BCUT2D eigenvalue weighted by atomic mass is 16.5. The summed E-state index contributed by atoms with van der Waals surface area (Å²) in [5.74, 6) is -0.303. The molecular weight excluding hydrogens is 170 g/mol. The highest BCUT2D eigenvalue weighted by Gasteiger charge is 2.20. The quantitative estimate of drug-likeness (QED) is 0.489. The van der Waals surface area contributed by atoms with Gasteiger partial charge >= 0.3 is 0 Å². The molecule has 0 aromatic heterocycles. The number of methoxy groups -OCH3 is 1.